The Balaban J connectivity index is 0.000000968. The Morgan fingerprint density at radius 3 is 2.27 bits per heavy atom. The van der Waals surface area contributed by atoms with Crippen LogP contribution in [0.15, 0.2) is 79.4 Å². The summed E-state index contributed by atoms with van der Waals surface area (Å²) in [6.07, 6.45) is 9.98. The summed E-state index contributed by atoms with van der Waals surface area (Å²) < 4.78 is 1.35. The van der Waals surface area contributed by atoms with Crippen LogP contribution < -0.4 is 14.7 Å². The van der Waals surface area contributed by atoms with E-state index in [1.165, 1.54) is 37.6 Å². The second kappa shape index (κ2) is 12.2. The fraction of sp³-hybridized carbons (Fsp3) is 0.226. The Morgan fingerprint density at radius 2 is 1.61 bits per heavy atom. The first-order valence-electron chi connectivity index (χ1n) is 11.9. The van der Waals surface area contributed by atoms with Gasteiger partial charge in [-0.3, -0.25) is 0 Å². The van der Waals surface area contributed by atoms with Crippen molar-refractivity contribution in [1.82, 2.24) is 0 Å². The average molecular weight is 454 g/mol. The summed E-state index contributed by atoms with van der Waals surface area (Å²) in [5, 5.41) is 5.03. The maximum absolute atomic E-state index is 3.90. The number of nitrogens with zero attached hydrogens (tertiary/aromatic N) is 1. The molecule has 0 radical (unpaired) electrons. The van der Waals surface area contributed by atoms with Crippen molar-refractivity contribution in [2.24, 2.45) is 0 Å². The van der Waals surface area contributed by atoms with Gasteiger partial charge in [0.1, 0.15) is 5.00 Å². The molecule has 0 aliphatic carbocycles. The maximum Gasteiger partial charge on any atom is 0.101 e. The second-order valence-electron chi connectivity index (χ2n) is 8.02. The number of benzene rings is 3. The molecular formula is C31H35NS. The van der Waals surface area contributed by atoms with Crippen molar-refractivity contribution in [1.29, 1.82) is 0 Å². The molecule has 1 nitrogen and oxygen atoms in total. The van der Waals surface area contributed by atoms with Crippen molar-refractivity contribution in [3.8, 4) is 0 Å². The van der Waals surface area contributed by atoms with E-state index < -0.39 is 0 Å². The fourth-order valence-electron chi connectivity index (χ4n) is 3.72. The van der Waals surface area contributed by atoms with Crippen molar-refractivity contribution in [2.45, 2.75) is 47.0 Å². The van der Waals surface area contributed by atoms with Crippen LogP contribution in [0.3, 0.4) is 0 Å². The van der Waals surface area contributed by atoms with Gasteiger partial charge in [-0.2, -0.15) is 0 Å². The highest BCUT2D eigenvalue weighted by molar-refractivity contribution is 7.14. The normalized spacial score (nSPS) is 11.9. The summed E-state index contributed by atoms with van der Waals surface area (Å²) in [4.78, 5) is 2.39. The van der Waals surface area contributed by atoms with Gasteiger partial charge in [0.05, 0.1) is 5.69 Å². The first-order chi connectivity index (χ1) is 16.2. The molecule has 2 heteroatoms. The topological polar surface area (TPSA) is 3.24 Å². The molecule has 0 spiro atoms. The van der Waals surface area contributed by atoms with Crippen LogP contribution in [-0.4, -0.2) is 0 Å². The molecule has 170 valence electrons. The van der Waals surface area contributed by atoms with E-state index in [1.807, 2.05) is 17.4 Å². The molecule has 0 unspecified atom stereocenters. The van der Waals surface area contributed by atoms with Crippen molar-refractivity contribution < 1.29 is 0 Å². The standard InChI is InChI=1S/C28H27NS.C3H8/c1-4-7-15-27-22(6-3)20-28(30-27)29(24-18-16-21(5-2)17-19-24)26-14-10-12-23-11-8-9-13-25(23)26;1-3-2/h5-6,8-20H,2,4,7H2,1,3H3;3H2,1-2H3/b22-6+,27-15-;. The fourth-order valence-corrected chi connectivity index (χ4v) is 4.93. The summed E-state index contributed by atoms with van der Waals surface area (Å²) in [6.45, 7) is 12.5. The molecule has 0 fully saturated rings. The zero-order chi connectivity index (χ0) is 23.6. The lowest BCUT2D eigenvalue weighted by Crippen LogP contribution is -2.16. The monoisotopic (exact) mass is 453 g/mol. The van der Waals surface area contributed by atoms with Gasteiger partial charge in [0, 0.05) is 15.6 Å². The first-order valence-corrected chi connectivity index (χ1v) is 12.7. The van der Waals surface area contributed by atoms with Gasteiger partial charge in [0.2, 0.25) is 0 Å². The number of thiophene rings is 1. The molecule has 0 saturated carbocycles. The summed E-state index contributed by atoms with van der Waals surface area (Å²) >= 11 is 1.86. The van der Waals surface area contributed by atoms with Crippen LogP contribution in [0.2, 0.25) is 0 Å². The third-order valence-electron chi connectivity index (χ3n) is 5.32. The minimum atomic E-state index is 1.10. The van der Waals surface area contributed by atoms with E-state index in [4.69, 9.17) is 0 Å². The smallest absolute Gasteiger partial charge is 0.101 e. The first kappa shape index (κ1) is 24.5. The lowest BCUT2D eigenvalue weighted by atomic mass is 10.1. The predicted octanol–water partition coefficient (Wildman–Crippen LogP) is 8.81. The molecule has 0 N–H and O–H groups in total. The number of fused-ring (bicyclic) bond motifs is 1. The van der Waals surface area contributed by atoms with Crippen LogP contribution in [0.5, 0.6) is 0 Å². The highest BCUT2D eigenvalue weighted by atomic mass is 32.1. The van der Waals surface area contributed by atoms with Crippen LogP contribution in [0.4, 0.5) is 16.4 Å². The molecule has 4 rings (SSSR count). The zero-order valence-corrected chi connectivity index (χ0v) is 21.2. The molecule has 0 saturated heterocycles. The Bertz CT molecular complexity index is 1290. The third kappa shape index (κ3) is 5.83. The highest BCUT2D eigenvalue weighted by Crippen LogP contribution is 2.39. The molecule has 0 aliphatic heterocycles. The van der Waals surface area contributed by atoms with Crippen LogP contribution in [0.25, 0.3) is 29.0 Å². The predicted molar refractivity (Wildman–Crippen MR) is 151 cm³/mol. The highest BCUT2D eigenvalue weighted by Gasteiger charge is 2.16. The van der Waals surface area contributed by atoms with Gasteiger partial charge in [0.15, 0.2) is 0 Å². The Morgan fingerprint density at radius 1 is 0.909 bits per heavy atom. The van der Waals surface area contributed by atoms with Gasteiger partial charge in [-0.05, 0) is 53.8 Å². The van der Waals surface area contributed by atoms with Crippen LogP contribution in [0.1, 0.15) is 52.5 Å². The molecule has 1 aromatic heterocycles. The Kier molecular flexibility index (Phi) is 9.09. The quantitative estimate of drug-likeness (QED) is 0.282. The van der Waals surface area contributed by atoms with Crippen LogP contribution in [-0.2, 0) is 0 Å². The SMILES string of the molecule is C=Cc1ccc(N(c2cc(=C\C)/c(=C/CCC)s2)c2cccc3ccccc23)cc1.CCC. The maximum atomic E-state index is 3.90. The van der Waals surface area contributed by atoms with Gasteiger partial charge in [-0.25, -0.2) is 0 Å². The molecule has 4 aromatic rings. The number of anilines is 3. The molecule has 0 bridgehead atoms. The van der Waals surface area contributed by atoms with Crippen molar-refractivity contribution in [3.63, 3.8) is 0 Å². The molecule has 1 heterocycles. The molecule has 0 amide bonds. The minimum absolute atomic E-state index is 1.10. The van der Waals surface area contributed by atoms with Crippen molar-refractivity contribution >= 4 is 56.7 Å². The van der Waals surface area contributed by atoms with E-state index in [2.05, 4.69) is 124 Å². The van der Waals surface area contributed by atoms with Crippen LogP contribution in [0, 0.1) is 0 Å². The Hall–Kier alpha value is -3.10. The van der Waals surface area contributed by atoms with Gasteiger partial charge in [-0.1, -0.05) is 107 Å². The number of hydrogen-bond acceptors (Lipinski definition) is 2. The van der Waals surface area contributed by atoms with E-state index in [0.29, 0.717) is 0 Å². The van der Waals surface area contributed by atoms with Gasteiger partial charge < -0.3 is 4.90 Å². The summed E-state index contributed by atoms with van der Waals surface area (Å²) in [5.41, 5.74) is 3.48. The van der Waals surface area contributed by atoms with Crippen molar-refractivity contribution in [2.75, 3.05) is 4.90 Å². The van der Waals surface area contributed by atoms with E-state index in [9.17, 15) is 0 Å². The number of unbranched alkanes of at least 4 members (excludes halogenated alkanes) is 1. The average Bonchev–Trinajstić information content (AvgIpc) is 3.26. The summed E-state index contributed by atoms with van der Waals surface area (Å²) in [6, 6.07) is 26.1. The molecule has 33 heavy (non-hydrogen) atoms. The molecular weight excluding hydrogens is 418 g/mol. The lowest BCUT2D eigenvalue weighted by Gasteiger charge is -2.25. The summed E-state index contributed by atoms with van der Waals surface area (Å²) in [5.74, 6) is 0. The van der Waals surface area contributed by atoms with E-state index in [0.717, 1.165) is 24.1 Å². The second-order valence-corrected chi connectivity index (χ2v) is 9.08. The molecule has 0 atom stereocenters. The lowest BCUT2D eigenvalue weighted by molar-refractivity contribution is 0.993. The van der Waals surface area contributed by atoms with E-state index in [-0.39, 0.29) is 0 Å². The largest absolute Gasteiger partial charge is 0.301 e. The van der Waals surface area contributed by atoms with Gasteiger partial charge >= 0.3 is 0 Å². The van der Waals surface area contributed by atoms with Gasteiger partial charge in [0.25, 0.3) is 0 Å². The molecule has 0 aliphatic rings. The van der Waals surface area contributed by atoms with Crippen molar-refractivity contribution in [3.05, 3.63) is 94.7 Å². The third-order valence-corrected chi connectivity index (χ3v) is 6.45. The van der Waals surface area contributed by atoms with E-state index >= 15 is 0 Å². The van der Waals surface area contributed by atoms with Gasteiger partial charge in [-0.15, -0.1) is 11.3 Å². The Labute approximate surface area is 203 Å². The zero-order valence-electron chi connectivity index (χ0n) is 20.3. The number of rotatable bonds is 6. The summed E-state index contributed by atoms with van der Waals surface area (Å²) in [7, 11) is 0. The minimum Gasteiger partial charge on any atom is -0.301 e. The van der Waals surface area contributed by atoms with E-state index in [1.54, 1.807) is 0 Å². The number of hydrogen-bond donors (Lipinski definition) is 0. The van der Waals surface area contributed by atoms with Crippen LogP contribution >= 0.6 is 11.3 Å². The molecule has 3 aromatic carbocycles.